The lowest BCUT2D eigenvalue weighted by molar-refractivity contribution is 0.0600. The van der Waals surface area contributed by atoms with E-state index in [2.05, 4.69) is 5.32 Å². The van der Waals surface area contributed by atoms with Gasteiger partial charge in [-0.15, -0.1) is 0 Å². The maximum absolute atomic E-state index is 12.8. The van der Waals surface area contributed by atoms with Crippen LogP contribution in [0.25, 0.3) is 11.1 Å². The van der Waals surface area contributed by atoms with Crippen molar-refractivity contribution in [1.29, 1.82) is 0 Å². The van der Waals surface area contributed by atoms with Crippen molar-refractivity contribution in [2.45, 2.75) is 6.92 Å². The van der Waals surface area contributed by atoms with Crippen LogP contribution in [0.1, 0.15) is 36.6 Å². The zero-order valence-electron chi connectivity index (χ0n) is 16.1. The molecule has 29 heavy (non-hydrogen) atoms. The number of methoxy groups -OCH3 is 1. The van der Waals surface area contributed by atoms with Gasteiger partial charge in [-0.3, -0.25) is 9.59 Å². The summed E-state index contributed by atoms with van der Waals surface area (Å²) in [5.41, 5.74) is 9.30. The fourth-order valence-corrected chi connectivity index (χ4v) is 2.83. The lowest BCUT2D eigenvalue weighted by Gasteiger charge is -2.11. The molecule has 0 atom stereocenters. The van der Waals surface area contributed by atoms with E-state index in [1.165, 1.54) is 13.2 Å². The number of ether oxygens (including phenoxy) is 1. The van der Waals surface area contributed by atoms with Crippen LogP contribution in [-0.4, -0.2) is 24.9 Å². The molecule has 0 aliphatic rings. The van der Waals surface area contributed by atoms with Gasteiger partial charge in [0, 0.05) is 16.8 Å². The first-order valence-electron chi connectivity index (χ1n) is 8.89. The summed E-state index contributed by atoms with van der Waals surface area (Å²) >= 11 is 0. The summed E-state index contributed by atoms with van der Waals surface area (Å²) < 4.78 is 4.81. The lowest BCUT2D eigenvalue weighted by atomic mass is 9.98. The van der Waals surface area contributed by atoms with E-state index in [-0.39, 0.29) is 11.5 Å². The number of nitrogens with one attached hydrogen (secondary N) is 1. The number of rotatable bonds is 5. The van der Waals surface area contributed by atoms with Gasteiger partial charge in [-0.2, -0.15) is 0 Å². The highest BCUT2D eigenvalue weighted by atomic mass is 16.5. The normalized spacial score (nSPS) is 10.3. The molecule has 6 heteroatoms. The van der Waals surface area contributed by atoms with E-state index in [0.717, 1.165) is 11.1 Å². The third-order valence-corrected chi connectivity index (χ3v) is 4.43. The molecule has 0 saturated carbocycles. The molecule has 0 radical (unpaired) electrons. The highest BCUT2D eigenvalue weighted by molar-refractivity contribution is 6.06. The molecule has 0 unspecified atom stereocenters. The van der Waals surface area contributed by atoms with Gasteiger partial charge in [0.25, 0.3) is 5.91 Å². The zero-order valence-corrected chi connectivity index (χ0v) is 16.1. The van der Waals surface area contributed by atoms with E-state index in [1.54, 1.807) is 48.5 Å². The molecule has 0 aromatic heterocycles. The smallest absolute Gasteiger partial charge is 0.337 e. The maximum atomic E-state index is 12.8. The Morgan fingerprint density at radius 1 is 0.793 bits per heavy atom. The van der Waals surface area contributed by atoms with Crippen molar-refractivity contribution in [3.63, 3.8) is 0 Å². The first kappa shape index (κ1) is 19.8. The molecule has 0 heterocycles. The molecule has 0 aliphatic heterocycles. The van der Waals surface area contributed by atoms with E-state index in [1.807, 2.05) is 19.1 Å². The summed E-state index contributed by atoms with van der Waals surface area (Å²) in [5.74, 6) is -1.43. The Labute approximate surface area is 168 Å². The SMILES string of the molecule is COC(=O)c1cc(C(=O)Nc2ccc(C)cc2)cc(-c2ccc(C(N)=O)cc2)c1. The number of amides is 2. The number of benzene rings is 3. The second-order valence-corrected chi connectivity index (χ2v) is 6.55. The Balaban J connectivity index is 1.98. The van der Waals surface area contributed by atoms with E-state index in [0.29, 0.717) is 22.4 Å². The average Bonchev–Trinajstić information content (AvgIpc) is 2.74. The number of hydrogen-bond acceptors (Lipinski definition) is 4. The summed E-state index contributed by atoms with van der Waals surface area (Å²) in [7, 11) is 1.28. The summed E-state index contributed by atoms with van der Waals surface area (Å²) in [4.78, 5) is 36.1. The Kier molecular flexibility index (Phi) is 5.74. The van der Waals surface area contributed by atoms with Crippen LogP contribution in [0.4, 0.5) is 5.69 Å². The zero-order chi connectivity index (χ0) is 21.0. The van der Waals surface area contributed by atoms with Crippen LogP contribution in [0.3, 0.4) is 0 Å². The van der Waals surface area contributed by atoms with Gasteiger partial charge < -0.3 is 15.8 Å². The minimum Gasteiger partial charge on any atom is -0.465 e. The molecule has 3 N–H and O–H groups in total. The van der Waals surface area contributed by atoms with Crippen molar-refractivity contribution in [2.75, 3.05) is 12.4 Å². The molecular formula is C23H20N2O4. The number of carbonyl (C=O) groups excluding carboxylic acids is 3. The van der Waals surface area contributed by atoms with E-state index >= 15 is 0 Å². The maximum Gasteiger partial charge on any atom is 0.337 e. The van der Waals surface area contributed by atoms with Gasteiger partial charge in [0.1, 0.15) is 0 Å². The van der Waals surface area contributed by atoms with Gasteiger partial charge >= 0.3 is 5.97 Å². The fraction of sp³-hybridized carbons (Fsp3) is 0.0870. The van der Waals surface area contributed by atoms with E-state index < -0.39 is 11.9 Å². The molecule has 3 rings (SSSR count). The van der Waals surface area contributed by atoms with Crippen LogP contribution < -0.4 is 11.1 Å². The van der Waals surface area contributed by atoms with Gasteiger partial charge in [-0.25, -0.2) is 4.79 Å². The molecule has 0 aliphatic carbocycles. The summed E-state index contributed by atoms with van der Waals surface area (Å²) in [6.07, 6.45) is 0. The van der Waals surface area contributed by atoms with E-state index in [4.69, 9.17) is 10.5 Å². The van der Waals surface area contributed by atoms with Crippen LogP contribution in [-0.2, 0) is 4.74 Å². The minimum atomic E-state index is -0.551. The fourth-order valence-electron chi connectivity index (χ4n) is 2.83. The average molecular weight is 388 g/mol. The number of primary amides is 1. The Morgan fingerprint density at radius 3 is 2.00 bits per heavy atom. The molecular weight excluding hydrogens is 368 g/mol. The summed E-state index contributed by atoms with van der Waals surface area (Å²) in [6.45, 7) is 1.96. The highest BCUT2D eigenvalue weighted by Crippen LogP contribution is 2.24. The van der Waals surface area contributed by atoms with Crippen molar-refractivity contribution in [1.82, 2.24) is 0 Å². The number of hydrogen-bond donors (Lipinski definition) is 2. The molecule has 3 aromatic rings. The molecule has 3 aromatic carbocycles. The number of carbonyl (C=O) groups is 3. The third kappa shape index (κ3) is 4.68. The summed E-state index contributed by atoms with van der Waals surface area (Å²) in [6, 6.07) is 18.8. The van der Waals surface area contributed by atoms with Gasteiger partial charge in [0.2, 0.25) is 5.91 Å². The second-order valence-electron chi connectivity index (χ2n) is 6.55. The Bertz CT molecular complexity index is 1070. The number of esters is 1. The van der Waals surface area contributed by atoms with Gasteiger partial charge in [0.05, 0.1) is 12.7 Å². The van der Waals surface area contributed by atoms with Gasteiger partial charge in [-0.05, 0) is 60.5 Å². The third-order valence-electron chi connectivity index (χ3n) is 4.43. The van der Waals surface area contributed by atoms with Crippen molar-refractivity contribution in [2.24, 2.45) is 5.73 Å². The standard InChI is InChI=1S/C23H20N2O4/c1-14-3-9-20(10-4-14)25-22(27)18-11-17(12-19(13-18)23(28)29-2)15-5-7-16(8-6-15)21(24)26/h3-13H,1-2H3,(H2,24,26)(H,25,27). The number of nitrogens with two attached hydrogens (primary N) is 1. The van der Waals surface area contributed by atoms with Crippen LogP contribution >= 0.6 is 0 Å². The van der Waals surface area contributed by atoms with E-state index in [9.17, 15) is 14.4 Å². The monoisotopic (exact) mass is 388 g/mol. The summed E-state index contributed by atoms with van der Waals surface area (Å²) in [5, 5.41) is 2.82. The van der Waals surface area contributed by atoms with Crippen LogP contribution in [0, 0.1) is 6.92 Å². The van der Waals surface area contributed by atoms with Crippen molar-refractivity contribution in [3.8, 4) is 11.1 Å². The topological polar surface area (TPSA) is 98.5 Å². The molecule has 0 bridgehead atoms. The van der Waals surface area contributed by atoms with Crippen molar-refractivity contribution in [3.05, 3.63) is 89.0 Å². The molecule has 6 nitrogen and oxygen atoms in total. The lowest BCUT2D eigenvalue weighted by Crippen LogP contribution is -2.13. The largest absolute Gasteiger partial charge is 0.465 e. The molecule has 0 spiro atoms. The molecule has 146 valence electrons. The number of anilines is 1. The highest BCUT2D eigenvalue weighted by Gasteiger charge is 2.15. The second kappa shape index (κ2) is 8.39. The first-order chi connectivity index (χ1) is 13.9. The predicted octanol–water partition coefficient (Wildman–Crippen LogP) is 3.80. The molecule has 0 saturated heterocycles. The van der Waals surface area contributed by atoms with Gasteiger partial charge in [0.15, 0.2) is 0 Å². The van der Waals surface area contributed by atoms with Crippen LogP contribution in [0.15, 0.2) is 66.7 Å². The Morgan fingerprint density at radius 2 is 1.41 bits per heavy atom. The predicted molar refractivity (Wildman–Crippen MR) is 111 cm³/mol. The van der Waals surface area contributed by atoms with Crippen molar-refractivity contribution < 1.29 is 19.1 Å². The van der Waals surface area contributed by atoms with Crippen LogP contribution in [0.2, 0.25) is 0 Å². The van der Waals surface area contributed by atoms with Gasteiger partial charge in [-0.1, -0.05) is 29.8 Å². The molecule has 2 amide bonds. The minimum absolute atomic E-state index is 0.248. The quantitative estimate of drug-likeness (QED) is 0.650. The number of aryl methyl sites for hydroxylation is 1. The van der Waals surface area contributed by atoms with Crippen molar-refractivity contribution >= 4 is 23.5 Å². The first-order valence-corrected chi connectivity index (χ1v) is 8.89. The van der Waals surface area contributed by atoms with Crippen LogP contribution in [0.5, 0.6) is 0 Å². The molecule has 0 fully saturated rings. The Hall–Kier alpha value is -3.93.